The fourth-order valence-corrected chi connectivity index (χ4v) is 2.03. The van der Waals surface area contributed by atoms with Crippen LogP contribution < -0.4 is 5.32 Å². The van der Waals surface area contributed by atoms with E-state index in [0.29, 0.717) is 19.6 Å². The van der Waals surface area contributed by atoms with Gasteiger partial charge in [-0.3, -0.25) is 0 Å². The van der Waals surface area contributed by atoms with Crippen LogP contribution in [0.25, 0.3) is 0 Å². The minimum atomic E-state index is -0.270. The summed E-state index contributed by atoms with van der Waals surface area (Å²) in [5.41, 5.74) is 0.868. The van der Waals surface area contributed by atoms with Gasteiger partial charge in [0.25, 0.3) is 0 Å². The Hall–Kier alpha value is -1.62. The number of nitrogens with one attached hydrogen (secondary N) is 1. The standard InChI is InChI=1S/C12H15FN2O2/c13-11-3-1-2-9(6-11)10-7-14-12(17)15(8-10)4-5-16/h1-3,6,10,16H,4-5,7-8H2,(H,14,17). The molecule has 1 saturated heterocycles. The van der Waals surface area contributed by atoms with Crippen molar-refractivity contribution >= 4 is 6.03 Å². The number of halogens is 1. The van der Waals surface area contributed by atoms with Crippen LogP contribution in [0.3, 0.4) is 0 Å². The van der Waals surface area contributed by atoms with E-state index in [-0.39, 0.29) is 24.4 Å². The van der Waals surface area contributed by atoms with E-state index < -0.39 is 0 Å². The van der Waals surface area contributed by atoms with Gasteiger partial charge in [0, 0.05) is 25.6 Å². The minimum Gasteiger partial charge on any atom is -0.395 e. The summed E-state index contributed by atoms with van der Waals surface area (Å²) in [4.78, 5) is 13.0. The van der Waals surface area contributed by atoms with Gasteiger partial charge in [-0.25, -0.2) is 9.18 Å². The molecule has 1 heterocycles. The van der Waals surface area contributed by atoms with Crippen LogP contribution >= 0.6 is 0 Å². The Balaban J connectivity index is 2.10. The first-order valence-corrected chi connectivity index (χ1v) is 5.60. The molecule has 1 aliphatic heterocycles. The molecule has 1 aromatic carbocycles. The third-order valence-electron chi connectivity index (χ3n) is 2.92. The molecule has 1 fully saturated rings. The lowest BCUT2D eigenvalue weighted by molar-refractivity contribution is 0.160. The number of hydrogen-bond donors (Lipinski definition) is 2. The van der Waals surface area contributed by atoms with Gasteiger partial charge in [0.1, 0.15) is 5.82 Å². The molecule has 2 rings (SSSR count). The Labute approximate surface area is 99.0 Å². The van der Waals surface area contributed by atoms with Crippen LogP contribution in [0.1, 0.15) is 11.5 Å². The molecule has 0 spiro atoms. The van der Waals surface area contributed by atoms with Crippen molar-refractivity contribution in [3.8, 4) is 0 Å². The van der Waals surface area contributed by atoms with Gasteiger partial charge in [0.05, 0.1) is 6.61 Å². The van der Waals surface area contributed by atoms with Crippen LogP contribution in [0.15, 0.2) is 24.3 Å². The molecule has 4 nitrogen and oxygen atoms in total. The van der Waals surface area contributed by atoms with Gasteiger partial charge in [0.15, 0.2) is 0 Å². The fourth-order valence-electron chi connectivity index (χ4n) is 2.03. The first-order chi connectivity index (χ1) is 8.20. The van der Waals surface area contributed by atoms with Crippen molar-refractivity contribution in [1.29, 1.82) is 0 Å². The van der Waals surface area contributed by atoms with Crippen LogP contribution in [-0.4, -0.2) is 42.3 Å². The summed E-state index contributed by atoms with van der Waals surface area (Å²) < 4.78 is 13.1. The number of nitrogens with zero attached hydrogens (tertiary/aromatic N) is 1. The summed E-state index contributed by atoms with van der Waals surface area (Å²) in [6, 6.07) is 6.22. The third kappa shape index (κ3) is 2.74. The van der Waals surface area contributed by atoms with E-state index in [4.69, 9.17) is 5.11 Å². The lowest BCUT2D eigenvalue weighted by atomic mass is 9.97. The molecule has 2 amide bonds. The maximum Gasteiger partial charge on any atom is 0.317 e. The largest absolute Gasteiger partial charge is 0.395 e. The number of aliphatic hydroxyl groups is 1. The molecule has 0 radical (unpaired) electrons. The molecular weight excluding hydrogens is 223 g/mol. The van der Waals surface area contributed by atoms with E-state index in [1.54, 1.807) is 11.0 Å². The zero-order valence-corrected chi connectivity index (χ0v) is 9.40. The predicted molar refractivity (Wildman–Crippen MR) is 61.2 cm³/mol. The third-order valence-corrected chi connectivity index (χ3v) is 2.92. The molecule has 5 heteroatoms. The fraction of sp³-hybridized carbons (Fsp3) is 0.417. The average molecular weight is 238 g/mol. The highest BCUT2D eigenvalue weighted by molar-refractivity contribution is 5.75. The Bertz CT molecular complexity index is 411. The Morgan fingerprint density at radius 1 is 1.53 bits per heavy atom. The van der Waals surface area contributed by atoms with Crippen LogP contribution in [0.5, 0.6) is 0 Å². The summed E-state index contributed by atoms with van der Waals surface area (Å²) >= 11 is 0. The van der Waals surface area contributed by atoms with E-state index >= 15 is 0 Å². The monoisotopic (exact) mass is 238 g/mol. The van der Waals surface area contributed by atoms with Gasteiger partial charge in [-0.05, 0) is 17.7 Å². The quantitative estimate of drug-likeness (QED) is 0.823. The smallest absolute Gasteiger partial charge is 0.317 e. The van der Waals surface area contributed by atoms with E-state index in [1.165, 1.54) is 12.1 Å². The number of β-amino-alcohol motifs (C(OH)–C–C–N with tert-alkyl or cyclic N) is 1. The van der Waals surface area contributed by atoms with Crippen LogP contribution in [0.2, 0.25) is 0 Å². The second kappa shape index (κ2) is 5.14. The summed E-state index contributed by atoms with van der Waals surface area (Å²) in [7, 11) is 0. The second-order valence-corrected chi connectivity index (χ2v) is 4.11. The van der Waals surface area contributed by atoms with E-state index in [1.807, 2.05) is 6.07 Å². The average Bonchev–Trinajstić information content (AvgIpc) is 2.32. The van der Waals surface area contributed by atoms with E-state index in [0.717, 1.165) is 5.56 Å². The highest BCUT2D eigenvalue weighted by atomic mass is 19.1. The van der Waals surface area contributed by atoms with Crippen molar-refractivity contribution in [3.63, 3.8) is 0 Å². The van der Waals surface area contributed by atoms with Crippen molar-refractivity contribution in [2.24, 2.45) is 0 Å². The Kier molecular flexibility index (Phi) is 3.58. The molecule has 1 aliphatic rings. The van der Waals surface area contributed by atoms with Gasteiger partial charge >= 0.3 is 6.03 Å². The molecule has 1 unspecified atom stereocenters. The van der Waals surface area contributed by atoms with E-state index in [2.05, 4.69) is 5.32 Å². The zero-order chi connectivity index (χ0) is 12.3. The number of hydrogen-bond acceptors (Lipinski definition) is 2. The lowest BCUT2D eigenvalue weighted by Crippen LogP contribution is -2.50. The van der Waals surface area contributed by atoms with Gasteiger partial charge in [-0.1, -0.05) is 12.1 Å². The highest BCUT2D eigenvalue weighted by Crippen LogP contribution is 2.20. The van der Waals surface area contributed by atoms with Crippen LogP contribution in [0, 0.1) is 5.82 Å². The van der Waals surface area contributed by atoms with Crippen molar-refractivity contribution < 1.29 is 14.3 Å². The molecule has 0 bridgehead atoms. The number of urea groups is 1. The van der Waals surface area contributed by atoms with Crippen molar-refractivity contribution in [2.75, 3.05) is 26.2 Å². The minimum absolute atomic E-state index is 0.0648. The normalized spacial score (nSPS) is 20.2. The number of carbonyl (C=O) groups excluding carboxylic acids is 1. The SMILES string of the molecule is O=C1NCC(c2cccc(F)c2)CN1CCO. The first-order valence-electron chi connectivity index (χ1n) is 5.60. The molecule has 0 aromatic heterocycles. The maximum atomic E-state index is 13.1. The predicted octanol–water partition coefficient (Wildman–Crippen LogP) is 0.927. The first kappa shape index (κ1) is 11.9. The Morgan fingerprint density at radius 3 is 3.06 bits per heavy atom. The van der Waals surface area contributed by atoms with Gasteiger partial charge in [-0.2, -0.15) is 0 Å². The summed E-state index contributed by atoms with van der Waals surface area (Å²) in [6.45, 7) is 1.25. The van der Waals surface area contributed by atoms with Crippen molar-refractivity contribution in [2.45, 2.75) is 5.92 Å². The summed E-state index contributed by atoms with van der Waals surface area (Å²) in [6.07, 6.45) is 0. The number of aliphatic hydroxyl groups excluding tert-OH is 1. The number of benzene rings is 1. The van der Waals surface area contributed by atoms with Crippen molar-refractivity contribution in [3.05, 3.63) is 35.6 Å². The second-order valence-electron chi connectivity index (χ2n) is 4.11. The lowest BCUT2D eigenvalue weighted by Gasteiger charge is -2.33. The molecular formula is C12H15FN2O2. The molecule has 92 valence electrons. The van der Waals surface area contributed by atoms with Gasteiger partial charge in [0.2, 0.25) is 0 Å². The summed E-state index contributed by atoms with van der Waals surface area (Å²) in [5.74, 6) is -0.206. The maximum absolute atomic E-state index is 13.1. The molecule has 17 heavy (non-hydrogen) atoms. The van der Waals surface area contributed by atoms with Gasteiger partial charge < -0.3 is 15.3 Å². The molecule has 0 saturated carbocycles. The number of rotatable bonds is 3. The number of amides is 2. The van der Waals surface area contributed by atoms with Crippen molar-refractivity contribution in [1.82, 2.24) is 10.2 Å². The van der Waals surface area contributed by atoms with Gasteiger partial charge in [-0.15, -0.1) is 0 Å². The highest BCUT2D eigenvalue weighted by Gasteiger charge is 2.25. The van der Waals surface area contributed by atoms with E-state index in [9.17, 15) is 9.18 Å². The van der Waals surface area contributed by atoms with Crippen LogP contribution in [0.4, 0.5) is 9.18 Å². The topological polar surface area (TPSA) is 52.6 Å². The molecule has 2 N–H and O–H groups in total. The number of carbonyl (C=O) groups is 1. The summed E-state index contributed by atoms with van der Waals surface area (Å²) in [5, 5.41) is 11.6. The Morgan fingerprint density at radius 2 is 2.35 bits per heavy atom. The molecule has 0 aliphatic carbocycles. The zero-order valence-electron chi connectivity index (χ0n) is 9.40. The molecule has 1 aromatic rings. The molecule has 1 atom stereocenters. The van der Waals surface area contributed by atoms with Crippen LogP contribution in [-0.2, 0) is 0 Å².